The lowest BCUT2D eigenvalue weighted by Gasteiger charge is -2.07. The Bertz CT molecular complexity index is 906. The SMILES string of the molecule is CCc1c(C)sc2nc(-c3ccc(C)c(C)c3)c(CC(=O)O)n12. The number of aromatic nitrogens is 2. The quantitative estimate of drug-likeness (QED) is 0.782. The molecule has 0 aliphatic heterocycles. The van der Waals surface area contributed by atoms with Crippen molar-refractivity contribution < 1.29 is 9.90 Å². The average Bonchev–Trinajstić information content (AvgIpc) is 2.97. The highest BCUT2D eigenvalue weighted by Crippen LogP contribution is 2.32. The molecule has 2 aromatic heterocycles. The normalized spacial score (nSPS) is 11.3. The lowest BCUT2D eigenvalue weighted by atomic mass is 10.0. The third-order valence-corrected chi connectivity index (χ3v) is 5.29. The Hall–Kier alpha value is -2.14. The third-order valence-electron chi connectivity index (χ3n) is 4.30. The number of carboxylic acid groups (broad SMARTS) is 1. The fourth-order valence-corrected chi connectivity index (χ4v) is 4.04. The summed E-state index contributed by atoms with van der Waals surface area (Å²) in [6, 6.07) is 6.18. The molecule has 120 valence electrons. The Balaban J connectivity index is 2.29. The number of rotatable bonds is 4. The zero-order chi connectivity index (χ0) is 16.7. The molecule has 2 heterocycles. The number of carboxylic acids is 1. The van der Waals surface area contributed by atoms with Gasteiger partial charge in [-0.3, -0.25) is 9.20 Å². The van der Waals surface area contributed by atoms with Crippen molar-refractivity contribution in [2.75, 3.05) is 0 Å². The van der Waals surface area contributed by atoms with E-state index in [9.17, 15) is 9.90 Å². The van der Waals surface area contributed by atoms with Crippen molar-refractivity contribution in [1.29, 1.82) is 0 Å². The van der Waals surface area contributed by atoms with E-state index < -0.39 is 5.97 Å². The van der Waals surface area contributed by atoms with Crippen molar-refractivity contribution in [2.45, 2.75) is 40.5 Å². The van der Waals surface area contributed by atoms with Crippen LogP contribution in [-0.4, -0.2) is 20.5 Å². The first-order chi connectivity index (χ1) is 10.9. The van der Waals surface area contributed by atoms with Gasteiger partial charge in [0.2, 0.25) is 0 Å². The second-order valence-electron chi connectivity index (χ2n) is 5.85. The fraction of sp³-hybridized carbons (Fsp3) is 0.333. The Labute approximate surface area is 139 Å². The summed E-state index contributed by atoms with van der Waals surface area (Å²) in [7, 11) is 0. The van der Waals surface area contributed by atoms with Gasteiger partial charge in [-0.05, 0) is 44.4 Å². The van der Waals surface area contributed by atoms with Gasteiger partial charge in [0.1, 0.15) is 0 Å². The first-order valence-electron chi connectivity index (χ1n) is 7.71. The molecule has 3 rings (SSSR count). The fourth-order valence-electron chi connectivity index (χ4n) is 2.96. The minimum Gasteiger partial charge on any atom is -0.481 e. The smallest absolute Gasteiger partial charge is 0.309 e. The summed E-state index contributed by atoms with van der Waals surface area (Å²) in [4.78, 5) is 18.2. The maximum atomic E-state index is 11.4. The second-order valence-corrected chi connectivity index (χ2v) is 7.03. The van der Waals surface area contributed by atoms with Crippen molar-refractivity contribution in [2.24, 2.45) is 0 Å². The van der Waals surface area contributed by atoms with Crippen LogP contribution in [0.2, 0.25) is 0 Å². The standard InChI is InChI=1S/C18H20N2O2S/c1-5-14-12(4)23-18-19-17(15(20(14)18)9-16(21)22)13-7-6-10(2)11(3)8-13/h6-8H,5,9H2,1-4H3,(H,21,22). The van der Waals surface area contributed by atoms with E-state index in [1.165, 1.54) is 16.0 Å². The van der Waals surface area contributed by atoms with E-state index in [4.69, 9.17) is 4.98 Å². The molecule has 1 N–H and O–H groups in total. The second kappa shape index (κ2) is 5.81. The molecule has 0 bridgehead atoms. The van der Waals surface area contributed by atoms with Gasteiger partial charge in [-0.1, -0.05) is 19.1 Å². The summed E-state index contributed by atoms with van der Waals surface area (Å²) in [5, 5.41) is 9.35. The van der Waals surface area contributed by atoms with Gasteiger partial charge in [-0.2, -0.15) is 0 Å². The predicted molar refractivity (Wildman–Crippen MR) is 93.4 cm³/mol. The van der Waals surface area contributed by atoms with E-state index in [-0.39, 0.29) is 6.42 Å². The van der Waals surface area contributed by atoms with Crippen molar-refractivity contribution in [3.05, 3.63) is 45.6 Å². The number of nitrogens with zero attached hydrogens (tertiary/aromatic N) is 2. The molecule has 0 aliphatic rings. The molecule has 0 aliphatic carbocycles. The van der Waals surface area contributed by atoms with Crippen LogP contribution in [0.1, 0.15) is 34.3 Å². The van der Waals surface area contributed by atoms with Crippen LogP contribution in [0.4, 0.5) is 0 Å². The van der Waals surface area contributed by atoms with E-state index in [2.05, 4.69) is 39.8 Å². The number of benzene rings is 1. The van der Waals surface area contributed by atoms with Crippen LogP contribution >= 0.6 is 11.3 Å². The van der Waals surface area contributed by atoms with E-state index >= 15 is 0 Å². The highest BCUT2D eigenvalue weighted by Gasteiger charge is 2.21. The molecule has 4 nitrogen and oxygen atoms in total. The molecule has 0 amide bonds. The highest BCUT2D eigenvalue weighted by molar-refractivity contribution is 7.17. The maximum absolute atomic E-state index is 11.4. The third kappa shape index (κ3) is 2.65. The molecule has 0 saturated heterocycles. The number of hydrogen-bond acceptors (Lipinski definition) is 3. The molecule has 0 spiro atoms. The summed E-state index contributed by atoms with van der Waals surface area (Å²) < 4.78 is 2.04. The van der Waals surface area contributed by atoms with Gasteiger partial charge in [0.15, 0.2) is 4.96 Å². The van der Waals surface area contributed by atoms with E-state index in [0.717, 1.165) is 34.0 Å². The molecule has 3 aromatic rings. The Morgan fingerprint density at radius 3 is 2.57 bits per heavy atom. The van der Waals surface area contributed by atoms with Crippen LogP contribution in [0.15, 0.2) is 18.2 Å². The van der Waals surface area contributed by atoms with Crippen LogP contribution in [0.3, 0.4) is 0 Å². The van der Waals surface area contributed by atoms with Crippen LogP contribution in [0.5, 0.6) is 0 Å². The number of fused-ring (bicyclic) bond motifs is 1. The van der Waals surface area contributed by atoms with Crippen LogP contribution in [0, 0.1) is 20.8 Å². The van der Waals surface area contributed by atoms with Crippen molar-refractivity contribution in [3.8, 4) is 11.3 Å². The molecule has 0 unspecified atom stereocenters. The Kier molecular flexibility index (Phi) is 3.98. The summed E-state index contributed by atoms with van der Waals surface area (Å²) in [6.45, 7) is 8.30. The summed E-state index contributed by atoms with van der Waals surface area (Å²) >= 11 is 1.63. The van der Waals surface area contributed by atoms with Gasteiger partial charge in [-0.25, -0.2) is 4.98 Å². The summed E-state index contributed by atoms with van der Waals surface area (Å²) in [5.74, 6) is -0.831. The van der Waals surface area contributed by atoms with E-state index in [1.54, 1.807) is 11.3 Å². The number of aliphatic carboxylic acids is 1. The minimum absolute atomic E-state index is 0.0212. The molecule has 23 heavy (non-hydrogen) atoms. The molecule has 0 fully saturated rings. The molecule has 5 heteroatoms. The number of thiazole rings is 1. The zero-order valence-corrected chi connectivity index (χ0v) is 14.6. The minimum atomic E-state index is -0.831. The van der Waals surface area contributed by atoms with Gasteiger partial charge < -0.3 is 5.11 Å². The molecule has 0 radical (unpaired) electrons. The maximum Gasteiger partial charge on any atom is 0.309 e. The number of hydrogen-bond donors (Lipinski definition) is 1. The van der Waals surface area contributed by atoms with Gasteiger partial charge in [-0.15, -0.1) is 11.3 Å². The van der Waals surface area contributed by atoms with Crippen LogP contribution in [-0.2, 0) is 17.6 Å². The Morgan fingerprint density at radius 2 is 1.96 bits per heavy atom. The predicted octanol–water partition coefficient (Wildman–Crippen LogP) is 4.18. The van der Waals surface area contributed by atoms with E-state index in [1.807, 2.05) is 10.5 Å². The molecular weight excluding hydrogens is 308 g/mol. The number of carbonyl (C=O) groups is 1. The van der Waals surface area contributed by atoms with Gasteiger partial charge in [0.05, 0.1) is 17.8 Å². The van der Waals surface area contributed by atoms with Gasteiger partial charge >= 0.3 is 5.97 Å². The lowest BCUT2D eigenvalue weighted by molar-refractivity contribution is -0.136. The van der Waals surface area contributed by atoms with Crippen molar-refractivity contribution in [1.82, 2.24) is 9.38 Å². The van der Waals surface area contributed by atoms with Crippen LogP contribution in [0.25, 0.3) is 16.2 Å². The van der Waals surface area contributed by atoms with Gasteiger partial charge in [0, 0.05) is 16.1 Å². The first-order valence-corrected chi connectivity index (χ1v) is 8.53. The van der Waals surface area contributed by atoms with Crippen molar-refractivity contribution >= 4 is 22.3 Å². The molecule has 0 atom stereocenters. The summed E-state index contributed by atoms with van der Waals surface area (Å²) in [6.07, 6.45) is 0.841. The lowest BCUT2D eigenvalue weighted by Crippen LogP contribution is -2.06. The highest BCUT2D eigenvalue weighted by atomic mass is 32.1. The Morgan fingerprint density at radius 1 is 1.22 bits per heavy atom. The van der Waals surface area contributed by atoms with Crippen molar-refractivity contribution in [3.63, 3.8) is 0 Å². The topological polar surface area (TPSA) is 54.6 Å². The van der Waals surface area contributed by atoms with E-state index in [0.29, 0.717) is 0 Å². The number of aryl methyl sites for hydroxylation is 4. The largest absolute Gasteiger partial charge is 0.481 e. The molecule has 1 aromatic carbocycles. The van der Waals surface area contributed by atoms with Crippen LogP contribution < -0.4 is 0 Å². The summed E-state index contributed by atoms with van der Waals surface area (Å²) in [5.41, 5.74) is 6.11. The van der Waals surface area contributed by atoms with Gasteiger partial charge in [0.25, 0.3) is 0 Å². The molecular formula is C18H20N2O2S. The molecule has 0 saturated carbocycles. The first kappa shape index (κ1) is 15.7. The number of imidazole rings is 1. The monoisotopic (exact) mass is 328 g/mol. The zero-order valence-electron chi connectivity index (χ0n) is 13.8. The average molecular weight is 328 g/mol.